The van der Waals surface area contributed by atoms with Gasteiger partial charge in [-0.1, -0.05) is 64.7 Å². The van der Waals surface area contributed by atoms with E-state index in [1.165, 1.54) is 77.2 Å². The van der Waals surface area contributed by atoms with Crippen LogP contribution in [0.5, 0.6) is 0 Å². The molecular weight excluding hydrogens is 256 g/mol. The molecule has 3 heteroatoms. The minimum atomic E-state index is 0. The van der Waals surface area contributed by atoms with Crippen LogP contribution in [0, 0.1) is 0 Å². The number of quaternary nitrogens is 1. The van der Waals surface area contributed by atoms with Crippen LogP contribution in [-0.4, -0.2) is 32.2 Å². The Hall–Kier alpha value is 0.210. The Morgan fingerprint density at radius 1 is 0.579 bits per heavy atom. The van der Waals surface area contributed by atoms with Crippen LogP contribution in [0.1, 0.15) is 77.6 Å². The number of halogens is 1. The summed E-state index contributed by atoms with van der Waals surface area (Å²) in [5, 5.41) is 0. The molecule has 0 spiro atoms. The summed E-state index contributed by atoms with van der Waals surface area (Å²) in [5.74, 6) is 0. The molecule has 0 aliphatic rings. The van der Waals surface area contributed by atoms with Gasteiger partial charge in [0.25, 0.3) is 0 Å². The summed E-state index contributed by atoms with van der Waals surface area (Å²) in [7, 11) is 6.86. The first kappa shape index (κ1) is 24.2. The fraction of sp³-hybridized carbons (Fsp3) is 1.00. The normalized spacial score (nSPS) is 10.7. The minimum absolute atomic E-state index is 0. The van der Waals surface area contributed by atoms with Crippen LogP contribution in [0.2, 0.25) is 0 Å². The maximum Gasteiger partial charge on any atom is 0.0780 e. The first-order valence-corrected chi connectivity index (χ1v) is 7.86. The van der Waals surface area contributed by atoms with Crippen LogP contribution in [-0.2, 0) is 0 Å². The molecule has 0 heterocycles. The molecule has 0 fully saturated rings. The second kappa shape index (κ2) is 16.3. The van der Waals surface area contributed by atoms with Gasteiger partial charge >= 0.3 is 0 Å². The number of hydrogen-bond donors (Lipinski definition) is 1. The van der Waals surface area contributed by atoms with E-state index in [0.29, 0.717) is 0 Å². The molecule has 0 aromatic heterocycles. The molecule has 0 radical (unpaired) electrons. The maximum absolute atomic E-state index is 2.29. The Bertz CT molecular complexity index is 155. The van der Waals surface area contributed by atoms with Crippen molar-refractivity contribution in [1.29, 1.82) is 0 Å². The predicted molar refractivity (Wildman–Crippen MR) is 84.4 cm³/mol. The average Bonchev–Trinajstić information content (AvgIpc) is 2.24. The van der Waals surface area contributed by atoms with E-state index < -0.39 is 0 Å². The molecular formula is C16H39ClN2. The molecule has 2 nitrogen and oxygen atoms in total. The zero-order valence-corrected chi connectivity index (χ0v) is 14.8. The molecule has 3 N–H and O–H groups in total. The van der Waals surface area contributed by atoms with Gasteiger partial charge in [-0.3, -0.25) is 0 Å². The van der Waals surface area contributed by atoms with E-state index in [-0.39, 0.29) is 18.6 Å². The molecule has 120 valence electrons. The van der Waals surface area contributed by atoms with Crippen LogP contribution in [0.15, 0.2) is 0 Å². The van der Waals surface area contributed by atoms with Crippen molar-refractivity contribution in [3.05, 3.63) is 0 Å². The second-order valence-corrected chi connectivity index (χ2v) is 6.55. The molecule has 0 amide bonds. The van der Waals surface area contributed by atoms with Crippen LogP contribution in [0.25, 0.3) is 0 Å². The molecule has 0 aliphatic carbocycles. The highest BCUT2D eigenvalue weighted by Gasteiger charge is 2.04. The van der Waals surface area contributed by atoms with Crippen molar-refractivity contribution < 1.29 is 16.9 Å². The summed E-state index contributed by atoms with van der Waals surface area (Å²) in [6, 6.07) is 0. The smallest absolute Gasteiger partial charge is 0.0780 e. The lowest BCUT2D eigenvalue weighted by atomic mass is 10.1. The van der Waals surface area contributed by atoms with Crippen molar-refractivity contribution in [2.75, 3.05) is 27.7 Å². The number of hydrogen-bond acceptors (Lipinski definition) is 1. The van der Waals surface area contributed by atoms with Crippen molar-refractivity contribution >= 4 is 0 Å². The van der Waals surface area contributed by atoms with Crippen molar-refractivity contribution in [3.8, 4) is 0 Å². The number of nitrogens with zero attached hydrogens (tertiary/aromatic N) is 1. The van der Waals surface area contributed by atoms with E-state index in [2.05, 4.69) is 28.1 Å². The zero-order valence-electron chi connectivity index (χ0n) is 14.0. The summed E-state index contributed by atoms with van der Waals surface area (Å²) < 4.78 is 1.12. The molecule has 0 aliphatic heterocycles. The summed E-state index contributed by atoms with van der Waals surface area (Å²) in [6.45, 7) is 3.62. The van der Waals surface area contributed by atoms with E-state index in [1.807, 2.05) is 0 Å². The van der Waals surface area contributed by atoms with Gasteiger partial charge < -0.3 is 23.0 Å². The van der Waals surface area contributed by atoms with Crippen LogP contribution >= 0.6 is 0 Å². The molecule has 19 heavy (non-hydrogen) atoms. The molecule has 0 saturated heterocycles. The number of unbranched alkanes of at least 4 members (excludes halogenated alkanes) is 10. The first-order valence-electron chi connectivity index (χ1n) is 7.86. The highest BCUT2D eigenvalue weighted by molar-refractivity contribution is 4.47. The maximum atomic E-state index is 2.29. The Morgan fingerprint density at radius 2 is 0.895 bits per heavy atom. The first-order chi connectivity index (χ1) is 8.06. The van der Waals surface area contributed by atoms with Gasteiger partial charge in [-0.2, -0.15) is 0 Å². The molecule has 0 aromatic carbocycles. The Morgan fingerprint density at radius 3 is 1.21 bits per heavy atom. The lowest BCUT2D eigenvalue weighted by Crippen LogP contribution is -3.00. The van der Waals surface area contributed by atoms with E-state index in [4.69, 9.17) is 0 Å². The summed E-state index contributed by atoms with van der Waals surface area (Å²) in [6.07, 6.45) is 15.9. The Kier molecular flexibility index (Phi) is 20.8. The Labute approximate surface area is 128 Å². The zero-order chi connectivity index (χ0) is 13.0. The lowest BCUT2D eigenvalue weighted by molar-refractivity contribution is -0.870. The Balaban J connectivity index is -0.00000128. The van der Waals surface area contributed by atoms with E-state index in [9.17, 15) is 0 Å². The molecule has 0 bridgehead atoms. The third-order valence-electron chi connectivity index (χ3n) is 3.43. The van der Waals surface area contributed by atoms with Crippen LogP contribution in [0.4, 0.5) is 0 Å². The largest absolute Gasteiger partial charge is 1.00 e. The fourth-order valence-electron chi connectivity index (χ4n) is 2.25. The van der Waals surface area contributed by atoms with Crippen molar-refractivity contribution in [2.45, 2.75) is 77.6 Å². The van der Waals surface area contributed by atoms with E-state index in [1.54, 1.807) is 0 Å². The summed E-state index contributed by atoms with van der Waals surface area (Å²) in [4.78, 5) is 0. The van der Waals surface area contributed by atoms with Gasteiger partial charge in [0.05, 0.1) is 27.7 Å². The third kappa shape index (κ3) is 23.7. The van der Waals surface area contributed by atoms with Gasteiger partial charge in [-0.25, -0.2) is 0 Å². The van der Waals surface area contributed by atoms with Gasteiger partial charge in [0, 0.05) is 0 Å². The SMILES string of the molecule is CCCCCCCCCCCCC[N+](C)(C)C.N.[Cl-]. The highest BCUT2D eigenvalue weighted by Crippen LogP contribution is 2.11. The third-order valence-corrected chi connectivity index (χ3v) is 3.43. The highest BCUT2D eigenvalue weighted by atomic mass is 35.5. The van der Waals surface area contributed by atoms with Crippen LogP contribution < -0.4 is 18.6 Å². The molecule has 0 rings (SSSR count). The van der Waals surface area contributed by atoms with Crippen LogP contribution in [0.3, 0.4) is 0 Å². The monoisotopic (exact) mass is 294 g/mol. The minimum Gasteiger partial charge on any atom is -1.00 e. The second-order valence-electron chi connectivity index (χ2n) is 6.55. The van der Waals surface area contributed by atoms with Crippen molar-refractivity contribution in [2.24, 2.45) is 0 Å². The molecule has 0 aromatic rings. The topological polar surface area (TPSA) is 35.0 Å². The fourth-order valence-corrected chi connectivity index (χ4v) is 2.25. The van der Waals surface area contributed by atoms with E-state index in [0.717, 1.165) is 4.48 Å². The van der Waals surface area contributed by atoms with Gasteiger partial charge in [0.2, 0.25) is 0 Å². The molecule has 0 saturated carbocycles. The van der Waals surface area contributed by atoms with Crippen molar-refractivity contribution in [1.82, 2.24) is 6.15 Å². The summed E-state index contributed by atoms with van der Waals surface area (Å²) in [5.41, 5.74) is 0. The quantitative estimate of drug-likeness (QED) is 0.434. The predicted octanol–water partition coefficient (Wildman–Crippen LogP) is 2.17. The van der Waals surface area contributed by atoms with Gasteiger partial charge in [0.1, 0.15) is 0 Å². The number of rotatable bonds is 12. The van der Waals surface area contributed by atoms with Gasteiger partial charge in [-0.05, 0) is 12.8 Å². The van der Waals surface area contributed by atoms with Gasteiger partial charge in [0.15, 0.2) is 0 Å². The molecule has 0 atom stereocenters. The lowest BCUT2D eigenvalue weighted by Gasteiger charge is -2.23. The standard InChI is InChI=1S/C16H36N.ClH.H3N/c1-5-6-7-8-9-10-11-12-13-14-15-16-17(2,3)4;;/h5-16H2,1-4H3;1H;1H3/q+1;;/p-1. The molecule has 0 unspecified atom stereocenters. The van der Waals surface area contributed by atoms with Crippen molar-refractivity contribution in [3.63, 3.8) is 0 Å². The summed E-state index contributed by atoms with van der Waals surface area (Å²) >= 11 is 0. The average molecular weight is 295 g/mol. The van der Waals surface area contributed by atoms with Gasteiger partial charge in [-0.15, -0.1) is 0 Å². The van der Waals surface area contributed by atoms with E-state index >= 15 is 0 Å².